The first-order valence-electron chi connectivity index (χ1n) is 10.7. The quantitative estimate of drug-likeness (QED) is 0.733. The molecule has 1 amide bonds. The first-order valence-corrected chi connectivity index (χ1v) is 10.7. The lowest BCUT2D eigenvalue weighted by molar-refractivity contribution is 0.0945. The summed E-state index contributed by atoms with van der Waals surface area (Å²) in [6.07, 6.45) is 4.89. The topological polar surface area (TPSA) is 74.2 Å². The average Bonchev–Trinajstić information content (AvgIpc) is 3.42. The number of aliphatic hydroxyl groups is 1. The van der Waals surface area contributed by atoms with Crippen molar-refractivity contribution < 1.29 is 9.90 Å². The number of rotatable bonds is 4. The van der Waals surface area contributed by atoms with Crippen LogP contribution >= 0.6 is 0 Å². The number of fused-ring (bicyclic) bond motifs is 1. The second kappa shape index (κ2) is 8.80. The van der Waals surface area contributed by atoms with E-state index in [4.69, 9.17) is 10.1 Å². The van der Waals surface area contributed by atoms with Crippen LogP contribution in [-0.2, 0) is 5.41 Å². The molecule has 0 spiro atoms. The minimum atomic E-state index is -0.0696. The van der Waals surface area contributed by atoms with Gasteiger partial charge in [0.15, 0.2) is 0 Å². The molecule has 1 unspecified atom stereocenters. The van der Waals surface area contributed by atoms with Crippen LogP contribution < -0.4 is 10.6 Å². The molecule has 158 valence electrons. The van der Waals surface area contributed by atoms with Gasteiger partial charge in [0.25, 0.3) is 5.91 Å². The fourth-order valence-corrected chi connectivity index (χ4v) is 4.09. The zero-order valence-electron chi connectivity index (χ0n) is 18.4. The molecular weight excluding hydrogens is 362 g/mol. The van der Waals surface area contributed by atoms with E-state index in [1.54, 1.807) is 0 Å². The van der Waals surface area contributed by atoms with Crippen molar-refractivity contribution in [3.63, 3.8) is 0 Å². The molecule has 2 aromatic rings. The maximum atomic E-state index is 12.7. The third-order valence-electron chi connectivity index (χ3n) is 5.90. The minimum Gasteiger partial charge on any atom is -0.400 e. The van der Waals surface area contributed by atoms with Crippen LogP contribution in [0.1, 0.15) is 79.6 Å². The van der Waals surface area contributed by atoms with Gasteiger partial charge in [-0.15, -0.1) is 0 Å². The van der Waals surface area contributed by atoms with E-state index in [1.807, 2.05) is 6.07 Å². The monoisotopic (exact) mass is 397 g/mol. The van der Waals surface area contributed by atoms with Gasteiger partial charge in [0, 0.05) is 25.1 Å². The van der Waals surface area contributed by atoms with Crippen molar-refractivity contribution in [3.8, 4) is 0 Å². The number of aryl methyl sites for hydroxylation is 1. The first kappa shape index (κ1) is 21.7. The van der Waals surface area contributed by atoms with Crippen molar-refractivity contribution in [3.05, 3.63) is 40.6 Å². The van der Waals surface area contributed by atoms with Gasteiger partial charge < -0.3 is 15.7 Å². The molecule has 29 heavy (non-hydrogen) atoms. The number of carbonyl (C=O) groups is 1. The third kappa shape index (κ3) is 4.96. The van der Waals surface area contributed by atoms with E-state index in [0.717, 1.165) is 31.2 Å². The average molecular weight is 398 g/mol. The Bertz CT molecular complexity index is 876. The minimum absolute atomic E-state index is 0.00848. The van der Waals surface area contributed by atoms with E-state index in [-0.39, 0.29) is 11.3 Å². The second-order valence-electron chi connectivity index (χ2n) is 9.32. The highest BCUT2D eigenvalue weighted by Crippen LogP contribution is 2.43. The van der Waals surface area contributed by atoms with E-state index in [2.05, 4.69) is 50.5 Å². The van der Waals surface area contributed by atoms with E-state index in [1.165, 1.54) is 35.8 Å². The number of pyridine rings is 1. The van der Waals surface area contributed by atoms with Crippen molar-refractivity contribution in [2.45, 2.75) is 70.8 Å². The number of nitrogens with one attached hydrogen (secondary N) is 2. The Hall–Kier alpha value is -1.98. The van der Waals surface area contributed by atoms with Crippen LogP contribution in [0.2, 0.25) is 0 Å². The zero-order valence-corrected chi connectivity index (χ0v) is 18.4. The summed E-state index contributed by atoms with van der Waals surface area (Å²) in [4.78, 5) is 17.6. The standard InChI is InChI=1S/C23H31N3O.CH4O/c1-14-10-20(22(27)25-13-17-6-5-9-24-17)26-21-18(14)11-16(15-7-8-15)12-19(21)23(2,3)4;1-2/h10-12,15,17,24H,5-9,13H2,1-4H3,(H,25,27);2H,1H3. The summed E-state index contributed by atoms with van der Waals surface area (Å²) in [7, 11) is 1.00. The van der Waals surface area contributed by atoms with Crippen molar-refractivity contribution in [1.29, 1.82) is 0 Å². The van der Waals surface area contributed by atoms with Crippen LogP contribution in [0.15, 0.2) is 18.2 Å². The van der Waals surface area contributed by atoms with Crippen LogP contribution in [-0.4, -0.2) is 42.2 Å². The second-order valence-corrected chi connectivity index (χ2v) is 9.32. The maximum Gasteiger partial charge on any atom is 0.269 e. The Morgan fingerprint density at radius 2 is 1.93 bits per heavy atom. The van der Waals surface area contributed by atoms with Crippen molar-refractivity contribution in [1.82, 2.24) is 15.6 Å². The van der Waals surface area contributed by atoms with Crippen LogP contribution in [0.25, 0.3) is 10.9 Å². The first-order chi connectivity index (χ1) is 13.8. The van der Waals surface area contributed by atoms with Crippen molar-refractivity contribution in [2.24, 2.45) is 0 Å². The van der Waals surface area contributed by atoms with E-state index in [0.29, 0.717) is 24.2 Å². The molecule has 1 saturated heterocycles. The maximum absolute atomic E-state index is 12.7. The van der Waals surface area contributed by atoms with Gasteiger partial charge in [-0.25, -0.2) is 4.98 Å². The molecule has 2 fully saturated rings. The largest absolute Gasteiger partial charge is 0.400 e. The van der Waals surface area contributed by atoms with Gasteiger partial charge in [-0.05, 0) is 79.3 Å². The molecule has 1 aromatic heterocycles. The van der Waals surface area contributed by atoms with Crippen LogP contribution in [0.3, 0.4) is 0 Å². The van der Waals surface area contributed by atoms with Crippen LogP contribution in [0, 0.1) is 6.92 Å². The molecule has 1 aromatic carbocycles. The van der Waals surface area contributed by atoms with E-state index >= 15 is 0 Å². The molecule has 5 nitrogen and oxygen atoms in total. The molecule has 1 aliphatic heterocycles. The lowest BCUT2D eigenvalue weighted by atomic mass is 9.83. The molecule has 0 bridgehead atoms. The number of aromatic nitrogens is 1. The number of aliphatic hydroxyl groups excluding tert-OH is 1. The Morgan fingerprint density at radius 1 is 1.21 bits per heavy atom. The van der Waals surface area contributed by atoms with Crippen LogP contribution in [0.4, 0.5) is 0 Å². The fraction of sp³-hybridized carbons (Fsp3) is 0.583. The predicted molar refractivity (Wildman–Crippen MR) is 119 cm³/mol. The Kier molecular flexibility index (Phi) is 6.59. The number of benzene rings is 1. The number of nitrogens with zero attached hydrogens (tertiary/aromatic N) is 1. The number of amides is 1. The Labute approximate surface area is 174 Å². The molecule has 1 atom stereocenters. The number of hydrogen-bond donors (Lipinski definition) is 3. The van der Waals surface area contributed by atoms with Gasteiger partial charge in [0.05, 0.1) is 5.52 Å². The number of hydrogen-bond acceptors (Lipinski definition) is 4. The normalized spacial score (nSPS) is 19.0. The van der Waals surface area contributed by atoms with Crippen molar-refractivity contribution >= 4 is 16.8 Å². The molecule has 0 radical (unpaired) electrons. The van der Waals surface area contributed by atoms with Gasteiger partial charge in [-0.2, -0.15) is 0 Å². The predicted octanol–water partition coefficient (Wildman–Crippen LogP) is 3.81. The lowest BCUT2D eigenvalue weighted by Crippen LogP contribution is -2.37. The third-order valence-corrected chi connectivity index (χ3v) is 5.90. The van der Waals surface area contributed by atoms with Gasteiger partial charge in [0.1, 0.15) is 5.69 Å². The molecule has 5 heteroatoms. The summed E-state index contributed by atoms with van der Waals surface area (Å²) >= 11 is 0. The summed E-state index contributed by atoms with van der Waals surface area (Å²) in [6.45, 7) is 10.5. The lowest BCUT2D eigenvalue weighted by Gasteiger charge is -2.23. The van der Waals surface area contributed by atoms with Gasteiger partial charge in [-0.3, -0.25) is 4.79 Å². The summed E-state index contributed by atoms with van der Waals surface area (Å²) in [6, 6.07) is 6.97. The molecular formula is C24H35N3O2. The summed E-state index contributed by atoms with van der Waals surface area (Å²) in [5.74, 6) is 0.636. The number of carbonyl (C=O) groups excluding carboxylic acids is 1. The van der Waals surface area contributed by atoms with Crippen LogP contribution in [0.5, 0.6) is 0 Å². The van der Waals surface area contributed by atoms with Crippen molar-refractivity contribution in [2.75, 3.05) is 20.2 Å². The fourth-order valence-electron chi connectivity index (χ4n) is 4.09. The summed E-state index contributed by atoms with van der Waals surface area (Å²) in [5, 5.41) is 14.7. The highest BCUT2D eigenvalue weighted by Gasteiger charge is 2.28. The molecule has 2 aliphatic rings. The highest BCUT2D eigenvalue weighted by atomic mass is 16.2. The van der Waals surface area contributed by atoms with Gasteiger partial charge in [-0.1, -0.05) is 26.8 Å². The van der Waals surface area contributed by atoms with E-state index < -0.39 is 0 Å². The SMILES string of the molecule is CO.Cc1cc(C(=O)NCC2CCCN2)nc2c(C(C)(C)C)cc(C3CC3)cc12. The highest BCUT2D eigenvalue weighted by molar-refractivity contribution is 5.97. The van der Waals surface area contributed by atoms with Gasteiger partial charge >= 0.3 is 0 Å². The molecule has 3 N–H and O–H groups in total. The molecule has 1 aliphatic carbocycles. The van der Waals surface area contributed by atoms with E-state index in [9.17, 15) is 4.79 Å². The summed E-state index contributed by atoms with van der Waals surface area (Å²) in [5.41, 5.74) is 5.32. The van der Waals surface area contributed by atoms with Gasteiger partial charge in [0.2, 0.25) is 0 Å². The molecule has 1 saturated carbocycles. The zero-order chi connectivity index (χ0) is 21.2. The summed E-state index contributed by atoms with van der Waals surface area (Å²) < 4.78 is 0. The Balaban J connectivity index is 0.00000117. The smallest absolute Gasteiger partial charge is 0.269 e. The Morgan fingerprint density at radius 3 is 2.52 bits per heavy atom. The molecule has 2 heterocycles. The molecule has 4 rings (SSSR count).